The number of urea groups is 1. The number of benzene rings is 1. The van der Waals surface area contributed by atoms with Gasteiger partial charge in [0.1, 0.15) is 5.52 Å². The van der Waals surface area contributed by atoms with Crippen LogP contribution in [-0.2, 0) is 4.79 Å². The molecule has 2 aromatic rings. The molecule has 1 N–H and O–H groups in total. The molecule has 1 aromatic carbocycles. The molecule has 3 rings (SSSR count). The monoisotopic (exact) mass is 325 g/mol. The summed E-state index contributed by atoms with van der Waals surface area (Å²) in [5.74, 6) is -0.254. The van der Waals surface area contributed by atoms with Crippen molar-refractivity contribution >= 4 is 46.4 Å². The molecule has 1 aliphatic heterocycles. The summed E-state index contributed by atoms with van der Waals surface area (Å²) in [6, 6.07) is 4.81. The lowest BCUT2D eigenvalue weighted by atomic mass is 10.3. The average molecular weight is 326 g/mol. The molecular weight excluding hydrogens is 314 g/mol. The number of aromatic nitrogens is 1. The smallest absolute Gasteiger partial charge is 0.324 e. The van der Waals surface area contributed by atoms with Crippen LogP contribution < -0.4 is 5.32 Å². The van der Waals surface area contributed by atoms with Gasteiger partial charge in [-0.2, -0.15) is 0 Å². The Balaban J connectivity index is 1.75. The van der Waals surface area contributed by atoms with Crippen molar-refractivity contribution in [3.63, 3.8) is 0 Å². The predicted molar refractivity (Wildman–Crippen MR) is 79.4 cm³/mol. The van der Waals surface area contributed by atoms with E-state index in [1.807, 2.05) is 0 Å². The third-order valence-electron chi connectivity index (χ3n) is 3.08. The number of fused-ring (bicyclic) bond motifs is 1. The van der Waals surface area contributed by atoms with E-state index in [-0.39, 0.29) is 11.9 Å². The highest BCUT2D eigenvalue weighted by atomic mass is 35.5. The van der Waals surface area contributed by atoms with Crippen LogP contribution in [0.5, 0.6) is 0 Å². The zero-order valence-electron chi connectivity index (χ0n) is 11.1. The van der Waals surface area contributed by atoms with E-state index in [4.69, 9.17) is 16.0 Å². The summed E-state index contributed by atoms with van der Waals surface area (Å²) in [6.45, 7) is 2.61. The predicted octanol–water partition coefficient (Wildman–Crippen LogP) is 2.51. The molecule has 0 bridgehead atoms. The van der Waals surface area contributed by atoms with E-state index in [1.165, 1.54) is 16.7 Å². The van der Waals surface area contributed by atoms with Crippen LogP contribution in [-0.4, -0.2) is 40.2 Å². The number of thioether (sulfide) groups is 1. The van der Waals surface area contributed by atoms with Gasteiger partial charge in [0, 0.05) is 24.2 Å². The van der Waals surface area contributed by atoms with Gasteiger partial charge in [0.15, 0.2) is 5.58 Å². The van der Waals surface area contributed by atoms with Crippen molar-refractivity contribution in [2.24, 2.45) is 0 Å². The number of oxazole rings is 1. The van der Waals surface area contributed by atoms with E-state index in [0.29, 0.717) is 34.4 Å². The van der Waals surface area contributed by atoms with Crippen LogP contribution in [0.1, 0.15) is 6.92 Å². The molecule has 1 unspecified atom stereocenters. The molecule has 1 aromatic heterocycles. The first-order valence-electron chi connectivity index (χ1n) is 6.36. The van der Waals surface area contributed by atoms with Crippen molar-refractivity contribution < 1.29 is 14.0 Å². The van der Waals surface area contributed by atoms with Gasteiger partial charge in [0.2, 0.25) is 5.91 Å². The van der Waals surface area contributed by atoms with Gasteiger partial charge in [-0.05, 0) is 19.1 Å². The van der Waals surface area contributed by atoms with Gasteiger partial charge in [-0.1, -0.05) is 23.4 Å². The third kappa shape index (κ3) is 2.84. The Kier molecular flexibility index (Phi) is 3.77. The topological polar surface area (TPSA) is 75.4 Å². The van der Waals surface area contributed by atoms with Crippen LogP contribution in [0.25, 0.3) is 11.1 Å². The first-order valence-corrected chi connectivity index (χ1v) is 7.62. The second-order valence-corrected chi connectivity index (χ2v) is 6.30. The molecule has 1 aliphatic rings. The number of rotatable bonds is 3. The molecule has 0 saturated carbocycles. The Morgan fingerprint density at radius 1 is 1.57 bits per heavy atom. The number of imide groups is 1. The molecule has 1 atom stereocenters. The molecule has 21 heavy (non-hydrogen) atoms. The maximum Gasteiger partial charge on any atom is 0.324 e. The highest BCUT2D eigenvalue weighted by Gasteiger charge is 2.31. The fraction of sp³-hybridized carbons (Fsp3) is 0.308. The summed E-state index contributed by atoms with van der Waals surface area (Å²) < 4.78 is 5.56. The molecule has 6 nitrogen and oxygen atoms in total. The van der Waals surface area contributed by atoms with Crippen molar-refractivity contribution in [2.45, 2.75) is 17.4 Å². The summed E-state index contributed by atoms with van der Waals surface area (Å²) in [4.78, 5) is 29.2. The average Bonchev–Trinajstić information content (AvgIpc) is 3.03. The van der Waals surface area contributed by atoms with E-state index in [0.717, 1.165) is 0 Å². The lowest BCUT2D eigenvalue weighted by Crippen LogP contribution is -2.38. The van der Waals surface area contributed by atoms with Gasteiger partial charge in [-0.25, -0.2) is 9.78 Å². The highest BCUT2D eigenvalue weighted by molar-refractivity contribution is 8.00. The van der Waals surface area contributed by atoms with Crippen LogP contribution in [0, 0.1) is 0 Å². The summed E-state index contributed by atoms with van der Waals surface area (Å²) in [7, 11) is 0. The number of halogens is 1. The minimum atomic E-state index is -0.461. The van der Waals surface area contributed by atoms with Crippen molar-refractivity contribution in [2.75, 3.05) is 13.1 Å². The van der Waals surface area contributed by atoms with E-state index in [2.05, 4.69) is 10.3 Å². The molecule has 2 heterocycles. The Labute approximate surface area is 129 Å². The Bertz CT molecular complexity index is 718. The molecule has 3 amide bonds. The third-order valence-corrected chi connectivity index (χ3v) is 4.25. The molecule has 8 heteroatoms. The molecule has 110 valence electrons. The van der Waals surface area contributed by atoms with Gasteiger partial charge >= 0.3 is 6.03 Å². The fourth-order valence-electron chi connectivity index (χ4n) is 2.03. The van der Waals surface area contributed by atoms with Gasteiger partial charge < -0.3 is 9.73 Å². The van der Waals surface area contributed by atoms with E-state index in [1.54, 1.807) is 25.1 Å². The Morgan fingerprint density at radius 3 is 3.10 bits per heavy atom. The van der Waals surface area contributed by atoms with Crippen LogP contribution in [0.4, 0.5) is 4.79 Å². The van der Waals surface area contributed by atoms with Crippen molar-refractivity contribution in [3.8, 4) is 0 Å². The van der Waals surface area contributed by atoms with Gasteiger partial charge in [-0.3, -0.25) is 9.69 Å². The number of nitrogens with zero attached hydrogens (tertiary/aromatic N) is 2. The first kappa shape index (κ1) is 14.2. The zero-order chi connectivity index (χ0) is 15.0. The van der Waals surface area contributed by atoms with Gasteiger partial charge in [-0.15, -0.1) is 0 Å². The molecule has 0 spiro atoms. The molecule has 0 aliphatic carbocycles. The largest absolute Gasteiger partial charge is 0.431 e. The maximum atomic E-state index is 12.2. The quantitative estimate of drug-likeness (QED) is 0.878. The van der Waals surface area contributed by atoms with Crippen molar-refractivity contribution in [1.82, 2.24) is 15.2 Å². The summed E-state index contributed by atoms with van der Waals surface area (Å²) in [6.07, 6.45) is 0. The second-order valence-electron chi connectivity index (χ2n) is 4.57. The minimum absolute atomic E-state index is 0.254. The summed E-state index contributed by atoms with van der Waals surface area (Å²) in [5.41, 5.74) is 1.25. The first-order chi connectivity index (χ1) is 10.0. The van der Waals surface area contributed by atoms with E-state index < -0.39 is 5.25 Å². The zero-order valence-corrected chi connectivity index (χ0v) is 12.7. The van der Waals surface area contributed by atoms with E-state index in [9.17, 15) is 9.59 Å². The highest BCUT2D eigenvalue weighted by Crippen LogP contribution is 2.29. The lowest BCUT2D eigenvalue weighted by molar-refractivity contribution is -0.126. The van der Waals surface area contributed by atoms with Crippen molar-refractivity contribution in [3.05, 3.63) is 23.2 Å². The van der Waals surface area contributed by atoms with Gasteiger partial charge in [0.25, 0.3) is 5.22 Å². The van der Waals surface area contributed by atoms with Crippen LogP contribution in [0.3, 0.4) is 0 Å². The minimum Gasteiger partial charge on any atom is -0.431 e. The SMILES string of the molecule is CC(Sc1nc2ccc(Cl)cc2o1)C(=O)N1CCNC1=O. The van der Waals surface area contributed by atoms with E-state index >= 15 is 0 Å². The van der Waals surface area contributed by atoms with Crippen LogP contribution >= 0.6 is 23.4 Å². The summed E-state index contributed by atoms with van der Waals surface area (Å²) in [5, 5.41) is 3.08. The van der Waals surface area contributed by atoms with Crippen molar-refractivity contribution in [1.29, 1.82) is 0 Å². The van der Waals surface area contributed by atoms with Crippen LogP contribution in [0.2, 0.25) is 5.02 Å². The maximum absolute atomic E-state index is 12.2. The normalized spacial score (nSPS) is 16.3. The Morgan fingerprint density at radius 2 is 2.38 bits per heavy atom. The standard InChI is InChI=1S/C13H12ClN3O3S/c1-7(11(18)17-5-4-15-12(17)19)21-13-16-9-3-2-8(14)6-10(9)20-13/h2-3,6-7H,4-5H2,1H3,(H,15,19). The number of hydrogen-bond acceptors (Lipinski definition) is 5. The number of nitrogens with one attached hydrogen (secondary N) is 1. The number of carbonyl (C=O) groups excluding carboxylic acids is 2. The number of carbonyl (C=O) groups is 2. The number of amides is 3. The number of hydrogen-bond donors (Lipinski definition) is 1. The second kappa shape index (κ2) is 5.57. The Hall–Kier alpha value is -1.73. The summed E-state index contributed by atoms with van der Waals surface area (Å²) >= 11 is 7.07. The molecule has 1 saturated heterocycles. The van der Waals surface area contributed by atoms with Gasteiger partial charge in [0.05, 0.1) is 5.25 Å². The lowest BCUT2D eigenvalue weighted by Gasteiger charge is -2.15. The molecule has 0 radical (unpaired) electrons. The van der Waals surface area contributed by atoms with Crippen LogP contribution in [0.15, 0.2) is 27.8 Å². The molecule has 1 fully saturated rings. The molecular formula is C13H12ClN3O3S. The fourth-order valence-corrected chi connectivity index (χ4v) is 3.01.